The van der Waals surface area contributed by atoms with Crippen LogP contribution in [0.5, 0.6) is 0 Å². The van der Waals surface area contributed by atoms with E-state index in [1.54, 1.807) is 11.3 Å². The quantitative estimate of drug-likeness (QED) is 0.759. The van der Waals surface area contributed by atoms with Crippen molar-refractivity contribution in [2.75, 3.05) is 0 Å². The summed E-state index contributed by atoms with van der Waals surface area (Å²) in [4.78, 5) is 9.39. The van der Waals surface area contributed by atoms with Crippen molar-refractivity contribution in [2.45, 2.75) is 13.8 Å². The third-order valence-electron chi connectivity index (χ3n) is 1.50. The van der Waals surface area contributed by atoms with Gasteiger partial charge in [0.1, 0.15) is 4.88 Å². The molecule has 0 radical (unpaired) electrons. The molecule has 2 rings (SSSR count). The fourth-order valence-electron chi connectivity index (χ4n) is 1.03. The average Bonchev–Trinajstić information content (AvgIpc) is 2.58. The van der Waals surface area contributed by atoms with Gasteiger partial charge in [-0.15, -0.1) is 11.3 Å². The van der Waals surface area contributed by atoms with Crippen molar-refractivity contribution in [1.82, 2.24) is 15.1 Å². The molecule has 2 aromatic rings. The van der Waals surface area contributed by atoms with E-state index < -0.39 is 0 Å². The van der Waals surface area contributed by atoms with Crippen LogP contribution in [0, 0.1) is 17.7 Å². The molecule has 0 aliphatic rings. The molecule has 2 aromatic heterocycles. The van der Waals surface area contributed by atoms with E-state index in [0.29, 0.717) is 9.72 Å². The number of thiazole rings is 1. The summed E-state index contributed by atoms with van der Waals surface area (Å²) in [5.74, 6) is 0.562. The second kappa shape index (κ2) is 3.33. The Hall–Kier alpha value is -0.500. The molecular formula is C7H6IN3OS. The van der Waals surface area contributed by atoms with Gasteiger partial charge in [0, 0.05) is 22.6 Å². The van der Waals surface area contributed by atoms with Crippen LogP contribution in [0.4, 0.5) is 0 Å². The van der Waals surface area contributed by atoms with Crippen LogP contribution >= 0.6 is 33.9 Å². The highest BCUT2D eigenvalue weighted by atomic mass is 127. The topological polar surface area (TPSA) is 51.8 Å². The summed E-state index contributed by atoms with van der Waals surface area (Å²) in [6, 6.07) is 0. The zero-order valence-corrected chi connectivity index (χ0v) is 10.0. The zero-order valence-electron chi connectivity index (χ0n) is 7.04. The monoisotopic (exact) mass is 307 g/mol. The molecule has 0 aromatic carbocycles. The second-order valence-corrected chi connectivity index (χ2v) is 4.68. The standard InChI is InChI=1S/C7H6IN3OS/c1-3-5(13-4(2)9-3)6-10-7(8)11-12-6/h1-2H3. The lowest BCUT2D eigenvalue weighted by atomic mass is 10.4. The van der Waals surface area contributed by atoms with Crippen molar-refractivity contribution in [2.24, 2.45) is 0 Å². The van der Waals surface area contributed by atoms with Crippen LogP contribution < -0.4 is 0 Å². The summed E-state index contributed by atoms with van der Waals surface area (Å²) >= 11 is 3.58. The van der Waals surface area contributed by atoms with Gasteiger partial charge < -0.3 is 4.52 Å². The third kappa shape index (κ3) is 1.73. The van der Waals surface area contributed by atoms with Gasteiger partial charge in [-0.1, -0.05) is 5.16 Å². The Balaban J connectivity index is 2.51. The maximum atomic E-state index is 5.05. The van der Waals surface area contributed by atoms with Gasteiger partial charge in [-0.25, -0.2) is 4.98 Å². The Morgan fingerprint density at radius 1 is 1.31 bits per heavy atom. The second-order valence-electron chi connectivity index (χ2n) is 2.52. The van der Waals surface area contributed by atoms with Crippen LogP contribution in [0.3, 0.4) is 0 Å². The molecule has 4 nitrogen and oxygen atoms in total. The highest BCUT2D eigenvalue weighted by Crippen LogP contribution is 2.28. The summed E-state index contributed by atoms with van der Waals surface area (Å²) in [5.41, 5.74) is 0.947. The molecule has 0 aliphatic heterocycles. The van der Waals surface area contributed by atoms with E-state index in [0.717, 1.165) is 15.6 Å². The Bertz CT molecular complexity index is 437. The Labute approximate surface area is 92.5 Å². The van der Waals surface area contributed by atoms with Gasteiger partial charge in [0.05, 0.1) is 10.7 Å². The Kier molecular flexibility index (Phi) is 2.33. The Morgan fingerprint density at radius 2 is 2.08 bits per heavy atom. The summed E-state index contributed by atoms with van der Waals surface area (Å²) in [5, 5.41) is 4.74. The largest absolute Gasteiger partial charge is 0.332 e. The predicted octanol–water partition coefficient (Wildman–Crippen LogP) is 2.41. The highest BCUT2D eigenvalue weighted by Gasteiger charge is 2.13. The first-order valence-corrected chi connectivity index (χ1v) is 5.50. The fourth-order valence-corrected chi connectivity index (χ4v) is 2.19. The molecule has 6 heteroatoms. The van der Waals surface area contributed by atoms with Crippen LogP contribution in [-0.2, 0) is 0 Å². The molecule has 0 saturated heterocycles. The number of nitrogens with zero attached hydrogens (tertiary/aromatic N) is 3. The summed E-state index contributed by atoms with van der Waals surface area (Å²) in [6.45, 7) is 3.90. The van der Waals surface area contributed by atoms with Gasteiger partial charge in [-0.3, -0.25) is 0 Å². The molecule has 0 amide bonds. The molecule has 0 saturated carbocycles. The minimum absolute atomic E-state index is 0.562. The first kappa shape index (κ1) is 9.07. The first-order chi connectivity index (χ1) is 6.16. The first-order valence-electron chi connectivity index (χ1n) is 3.60. The van der Waals surface area contributed by atoms with E-state index in [4.69, 9.17) is 4.52 Å². The molecule has 0 aliphatic carbocycles. The Morgan fingerprint density at radius 3 is 2.54 bits per heavy atom. The summed E-state index contributed by atoms with van der Waals surface area (Å²) < 4.78 is 5.67. The lowest BCUT2D eigenvalue weighted by molar-refractivity contribution is 0.426. The van der Waals surface area contributed by atoms with Crippen LogP contribution in [0.15, 0.2) is 4.52 Å². The lowest BCUT2D eigenvalue weighted by Crippen LogP contribution is -1.77. The fraction of sp³-hybridized carbons (Fsp3) is 0.286. The van der Waals surface area contributed by atoms with Gasteiger partial charge in [0.2, 0.25) is 3.83 Å². The number of aryl methyl sites for hydroxylation is 2. The van der Waals surface area contributed by atoms with E-state index in [1.807, 2.05) is 36.4 Å². The van der Waals surface area contributed by atoms with Crippen LogP contribution in [0.25, 0.3) is 10.8 Å². The molecule has 0 atom stereocenters. The molecule has 0 fully saturated rings. The van der Waals surface area contributed by atoms with Crippen molar-refractivity contribution in [3.05, 3.63) is 14.5 Å². The van der Waals surface area contributed by atoms with E-state index in [9.17, 15) is 0 Å². The third-order valence-corrected chi connectivity index (χ3v) is 3.00. The zero-order chi connectivity index (χ0) is 9.42. The minimum atomic E-state index is 0.562. The van der Waals surface area contributed by atoms with Gasteiger partial charge in [0.15, 0.2) is 0 Å². The van der Waals surface area contributed by atoms with Crippen LogP contribution in [-0.4, -0.2) is 15.1 Å². The van der Waals surface area contributed by atoms with E-state index in [-0.39, 0.29) is 0 Å². The number of hydrogen-bond donors (Lipinski definition) is 0. The summed E-state index contributed by atoms with van der Waals surface area (Å²) in [6.07, 6.45) is 0. The van der Waals surface area contributed by atoms with E-state index >= 15 is 0 Å². The summed E-state index contributed by atoms with van der Waals surface area (Å²) in [7, 11) is 0. The van der Waals surface area contributed by atoms with Gasteiger partial charge in [-0.2, -0.15) is 4.98 Å². The van der Waals surface area contributed by atoms with Crippen LogP contribution in [0.1, 0.15) is 10.7 Å². The number of halogens is 1. The molecule has 0 bridgehead atoms. The van der Waals surface area contributed by atoms with Crippen molar-refractivity contribution >= 4 is 33.9 Å². The lowest BCUT2D eigenvalue weighted by Gasteiger charge is -1.85. The molecule has 0 N–H and O–H groups in total. The van der Waals surface area contributed by atoms with Gasteiger partial charge in [0.25, 0.3) is 5.89 Å². The van der Waals surface area contributed by atoms with E-state index in [2.05, 4.69) is 15.1 Å². The van der Waals surface area contributed by atoms with Crippen LogP contribution in [0.2, 0.25) is 0 Å². The minimum Gasteiger partial charge on any atom is -0.332 e. The SMILES string of the molecule is Cc1nc(C)c(-c2nc(I)no2)s1. The average molecular weight is 307 g/mol. The number of rotatable bonds is 1. The maximum Gasteiger partial charge on any atom is 0.270 e. The molecular weight excluding hydrogens is 301 g/mol. The normalized spacial score (nSPS) is 10.7. The van der Waals surface area contributed by atoms with Crippen molar-refractivity contribution in [1.29, 1.82) is 0 Å². The van der Waals surface area contributed by atoms with Crippen molar-refractivity contribution in [3.8, 4) is 10.8 Å². The van der Waals surface area contributed by atoms with Crippen molar-refractivity contribution in [3.63, 3.8) is 0 Å². The molecule has 68 valence electrons. The smallest absolute Gasteiger partial charge is 0.270 e. The van der Waals surface area contributed by atoms with Gasteiger partial charge >= 0.3 is 0 Å². The van der Waals surface area contributed by atoms with E-state index in [1.165, 1.54) is 0 Å². The highest BCUT2D eigenvalue weighted by molar-refractivity contribution is 14.1. The number of hydrogen-bond acceptors (Lipinski definition) is 5. The maximum absolute atomic E-state index is 5.05. The number of aromatic nitrogens is 3. The van der Waals surface area contributed by atoms with Gasteiger partial charge in [-0.05, 0) is 13.8 Å². The molecule has 13 heavy (non-hydrogen) atoms. The molecule has 2 heterocycles. The van der Waals surface area contributed by atoms with Crippen molar-refractivity contribution < 1.29 is 4.52 Å². The molecule has 0 spiro atoms. The predicted molar refractivity (Wildman–Crippen MR) is 57.6 cm³/mol. The molecule has 0 unspecified atom stereocenters.